The fraction of sp³-hybridized carbons (Fsp3) is 0.667. The first-order chi connectivity index (χ1) is 18.7. The molecule has 5 aliphatic rings. The summed E-state index contributed by atoms with van der Waals surface area (Å²) in [7, 11) is 0. The molecule has 0 bridgehead atoms. The maximum atomic E-state index is 3.27. The number of para-hydroxylation sites is 1. The van der Waals surface area contributed by atoms with E-state index in [9.17, 15) is 0 Å². The van der Waals surface area contributed by atoms with Crippen molar-refractivity contribution in [3.8, 4) is 0 Å². The fourth-order valence-corrected chi connectivity index (χ4v) is 10.4. The van der Waals surface area contributed by atoms with Crippen LogP contribution in [-0.2, 0) is 5.54 Å². The van der Waals surface area contributed by atoms with E-state index in [-0.39, 0.29) is 5.54 Å². The third-order valence-corrected chi connectivity index (χ3v) is 11.8. The van der Waals surface area contributed by atoms with E-state index < -0.39 is 0 Å². The van der Waals surface area contributed by atoms with Gasteiger partial charge in [-0.2, -0.15) is 0 Å². The van der Waals surface area contributed by atoms with Crippen LogP contribution < -0.4 is 4.90 Å². The number of benzene rings is 2. The van der Waals surface area contributed by atoms with Gasteiger partial charge >= 0.3 is 0 Å². The van der Waals surface area contributed by atoms with Crippen molar-refractivity contribution in [1.29, 1.82) is 0 Å². The minimum absolute atomic E-state index is 0.218. The molecule has 2 aromatic rings. The van der Waals surface area contributed by atoms with Crippen molar-refractivity contribution in [3.05, 3.63) is 65.2 Å². The van der Waals surface area contributed by atoms with Crippen molar-refractivity contribution >= 4 is 5.69 Å². The van der Waals surface area contributed by atoms with Crippen LogP contribution in [0.2, 0.25) is 0 Å². The Morgan fingerprint density at radius 1 is 0.658 bits per heavy atom. The van der Waals surface area contributed by atoms with E-state index in [0.29, 0.717) is 18.2 Å². The second-order valence-electron chi connectivity index (χ2n) is 13.7. The van der Waals surface area contributed by atoms with E-state index in [0.717, 1.165) is 17.8 Å². The fourth-order valence-electron chi connectivity index (χ4n) is 10.4. The third kappa shape index (κ3) is 3.75. The first-order valence-electron chi connectivity index (χ1n) is 16.4. The SMILES string of the molecule is Cc1ccccc1N1C(C2CCCCC2)N2C(c3ccccc3C2(C2CCCCC2)C2CCCCC2)[C@@H]1C. The van der Waals surface area contributed by atoms with Gasteiger partial charge in [0.2, 0.25) is 0 Å². The summed E-state index contributed by atoms with van der Waals surface area (Å²) >= 11 is 0. The highest BCUT2D eigenvalue weighted by Crippen LogP contribution is 2.65. The Balaban J connectivity index is 1.46. The number of nitrogens with zero attached hydrogens (tertiary/aromatic N) is 2. The topological polar surface area (TPSA) is 6.48 Å². The van der Waals surface area contributed by atoms with Crippen molar-refractivity contribution in [3.63, 3.8) is 0 Å². The van der Waals surface area contributed by atoms with Crippen LogP contribution in [0.25, 0.3) is 0 Å². The van der Waals surface area contributed by atoms with Gasteiger partial charge < -0.3 is 4.90 Å². The Morgan fingerprint density at radius 2 is 1.21 bits per heavy atom. The molecule has 2 heterocycles. The standard InChI is InChI=1S/C36H50N2/c1-26-16-12-15-25-33(26)37-27(2)34-31-23-13-14-24-32(31)36(29-19-8-4-9-20-29,30-21-10-5-11-22-30)38(34)35(37)28-17-6-3-7-18-28/h12-16,23-25,27-30,34-35H,3-11,17-22H2,1-2H3/t27-,34?,35?/m0/s1. The van der Waals surface area contributed by atoms with Crippen LogP contribution in [0.5, 0.6) is 0 Å². The molecule has 0 amide bonds. The highest BCUT2D eigenvalue weighted by Gasteiger charge is 2.66. The van der Waals surface area contributed by atoms with E-state index in [4.69, 9.17) is 0 Å². The van der Waals surface area contributed by atoms with Crippen LogP contribution in [0, 0.1) is 24.7 Å². The summed E-state index contributed by atoms with van der Waals surface area (Å²) in [5.74, 6) is 2.39. The number of aryl methyl sites for hydroxylation is 1. The number of hydrogen-bond acceptors (Lipinski definition) is 2. The lowest BCUT2D eigenvalue weighted by Crippen LogP contribution is -2.60. The molecule has 4 fully saturated rings. The van der Waals surface area contributed by atoms with Gasteiger partial charge in [0.05, 0.1) is 17.7 Å². The van der Waals surface area contributed by atoms with E-state index >= 15 is 0 Å². The molecule has 2 unspecified atom stereocenters. The maximum Gasteiger partial charge on any atom is 0.0866 e. The quantitative estimate of drug-likeness (QED) is 0.404. The molecule has 0 aromatic heterocycles. The average molecular weight is 511 g/mol. The molecule has 3 saturated carbocycles. The Morgan fingerprint density at radius 3 is 1.84 bits per heavy atom. The summed E-state index contributed by atoms with van der Waals surface area (Å²) in [6, 6.07) is 20.2. The van der Waals surface area contributed by atoms with Crippen molar-refractivity contribution in [2.75, 3.05) is 4.90 Å². The molecule has 0 radical (unpaired) electrons. The van der Waals surface area contributed by atoms with Crippen LogP contribution >= 0.6 is 0 Å². The van der Waals surface area contributed by atoms with Crippen LogP contribution in [0.1, 0.15) is 126 Å². The molecule has 204 valence electrons. The molecular weight excluding hydrogens is 460 g/mol. The van der Waals surface area contributed by atoms with Gasteiger partial charge in [0.15, 0.2) is 0 Å². The lowest BCUT2D eigenvalue weighted by molar-refractivity contribution is -0.0785. The normalized spacial score (nSPS) is 30.9. The molecule has 2 aliphatic heterocycles. The zero-order valence-corrected chi connectivity index (χ0v) is 24.1. The van der Waals surface area contributed by atoms with Gasteiger partial charge in [0.25, 0.3) is 0 Å². The van der Waals surface area contributed by atoms with E-state index in [1.54, 1.807) is 11.1 Å². The van der Waals surface area contributed by atoms with Gasteiger partial charge in [-0.05, 0) is 92.9 Å². The molecule has 38 heavy (non-hydrogen) atoms. The summed E-state index contributed by atoms with van der Waals surface area (Å²) in [5, 5.41) is 0. The Kier molecular flexibility index (Phi) is 6.83. The minimum Gasteiger partial charge on any atom is -0.351 e. The number of rotatable bonds is 4. The predicted molar refractivity (Wildman–Crippen MR) is 159 cm³/mol. The summed E-state index contributed by atoms with van der Waals surface area (Å²) in [6.07, 6.45) is 22.0. The molecular formula is C36H50N2. The number of fused-ring (bicyclic) bond motifs is 3. The molecule has 2 nitrogen and oxygen atoms in total. The Hall–Kier alpha value is -1.80. The summed E-state index contributed by atoms with van der Waals surface area (Å²) in [5.41, 5.74) is 6.63. The second kappa shape index (κ2) is 10.3. The van der Waals surface area contributed by atoms with Gasteiger partial charge in [0, 0.05) is 11.7 Å². The molecule has 3 atom stereocenters. The first kappa shape index (κ1) is 25.2. The average Bonchev–Trinajstić information content (AvgIpc) is 3.45. The highest BCUT2D eigenvalue weighted by atomic mass is 15.5. The largest absolute Gasteiger partial charge is 0.351 e. The molecule has 0 N–H and O–H groups in total. The summed E-state index contributed by atoms with van der Waals surface area (Å²) < 4.78 is 0. The minimum atomic E-state index is 0.218. The van der Waals surface area contributed by atoms with Crippen molar-refractivity contribution in [2.45, 2.75) is 134 Å². The lowest BCUT2D eigenvalue weighted by Gasteiger charge is -2.56. The zero-order valence-electron chi connectivity index (χ0n) is 24.1. The smallest absolute Gasteiger partial charge is 0.0866 e. The number of hydrogen-bond donors (Lipinski definition) is 0. The van der Waals surface area contributed by atoms with Gasteiger partial charge in [0.1, 0.15) is 0 Å². The van der Waals surface area contributed by atoms with E-state index in [1.807, 2.05) is 0 Å². The molecule has 7 rings (SSSR count). The zero-order chi connectivity index (χ0) is 25.7. The summed E-state index contributed by atoms with van der Waals surface area (Å²) in [4.78, 5) is 6.24. The van der Waals surface area contributed by atoms with Crippen LogP contribution in [0.4, 0.5) is 5.69 Å². The van der Waals surface area contributed by atoms with Gasteiger partial charge in [-0.1, -0.05) is 100 Å². The van der Waals surface area contributed by atoms with Gasteiger partial charge in [-0.3, -0.25) is 4.90 Å². The highest BCUT2D eigenvalue weighted by molar-refractivity contribution is 5.59. The maximum absolute atomic E-state index is 3.27. The Bertz CT molecular complexity index is 1090. The van der Waals surface area contributed by atoms with E-state index in [1.165, 1.54) is 108 Å². The first-order valence-corrected chi connectivity index (χ1v) is 16.4. The van der Waals surface area contributed by atoms with Crippen molar-refractivity contribution in [1.82, 2.24) is 4.90 Å². The second-order valence-corrected chi connectivity index (χ2v) is 13.7. The number of anilines is 1. The predicted octanol–water partition coefficient (Wildman–Crippen LogP) is 9.52. The van der Waals surface area contributed by atoms with Crippen LogP contribution in [0.3, 0.4) is 0 Å². The molecule has 1 saturated heterocycles. The molecule has 3 aliphatic carbocycles. The monoisotopic (exact) mass is 510 g/mol. The van der Waals surface area contributed by atoms with E-state index in [2.05, 4.69) is 72.2 Å². The Labute approximate surface area is 232 Å². The molecule has 2 heteroatoms. The van der Waals surface area contributed by atoms with Crippen molar-refractivity contribution in [2.24, 2.45) is 17.8 Å². The summed E-state index contributed by atoms with van der Waals surface area (Å²) in [6.45, 7) is 4.94. The van der Waals surface area contributed by atoms with Gasteiger partial charge in [-0.25, -0.2) is 0 Å². The lowest BCUT2D eigenvalue weighted by atomic mass is 9.61. The third-order valence-electron chi connectivity index (χ3n) is 11.8. The molecule has 0 spiro atoms. The van der Waals surface area contributed by atoms with Crippen LogP contribution in [0.15, 0.2) is 48.5 Å². The van der Waals surface area contributed by atoms with Gasteiger partial charge in [-0.15, -0.1) is 0 Å². The van der Waals surface area contributed by atoms with Crippen LogP contribution in [-0.4, -0.2) is 17.1 Å². The molecule has 2 aromatic carbocycles. The van der Waals surface area contributed by atoms with Crippen molar-refractivity contribution < 1.29 is 0 Å².